The molecule has 0 saturated carbocycles. The number of carbonyl (C=O) groups excluding carboxylic acids is 1. The molecule has 2 rings (SSSR count). The molecule has 0 unspecified atom stereocenters. The highest BCUT2D eigenvalue weighted by molar-refractivity contribution is 8.00. The molecule has 104 valence electrons. The van der Waals surface area contributed by atoms with E-state index in [1.54, 1.807) is 11.8 Å². The summed E-state index contributed by atoms with van der Waals surface area (Å²) in [6.07, 6.45) is 0. The Labute approximate surface area is 124 Å². The molecule has 1 amide bonds. The van der Waals surface area contributed by atoms with E-state index in [1.165, 1.54) is 11.1 Å². The molecule has 1 N–H and O–H groups in total. The van der Waals surface area contributed by atoms with Crippen LogP contribution in [-0.2, 0) is 11.3 Å². The van der Waals surface area contributed by atoms with Gasteiger partial charge in [-0.15, -0.1) is 11.8 Å². The van der Waals surface area contributed by atoms with Crippen molar-refractivity contribution in [2.45, 2.75) is 25.3 Å². The van der Waals surface area contributed by atoms with Crippen molar-refractivity contribution in [1.29, 1.82) is 0 Å². The Hall–Kier alpha value is -1.74. The largest absolute Gasteiger partial charge is 0.351 e. The van der Waals surface area contributed by atoms with Crippen molar-refractivity contribution in [2.24, 2.45) is 0 Å². The summed E-state index contributed by atoms with van der Waals surface area (Å²) in [5.74, 6) is 0.523. The zero-order valence-corrected chi connectivity index (χ0v) is 12.7. The first-order chi connectivity index (χ1) is 9.65. The molecule has 0 atom stereocenters. The van der Waals surface area contributed by atoms with Crippen molar-refractivity contribution >= 4 is 17.7 Å². The quantitative estimate of drug-likeness (QED) is 0.848. The monoisotopic (exact) mass is 285 g/mol. The molecule has 0 fully saturated rings. The van der Waals surface area contributed by atoms with Crippen molar-refractivity contribution in [3.63, 3.8) is 0 Å². The van der Waals surface area contributed by atoms with E-state index in [1.807, 2.05) is 30.3 Å². The Morgan fingerprint density at radius 2 is 1.75 bits per heavy atom. The van der Waals surface area contributed by atoms with E-state index in [2.05, 4.69) is 37.4 Å². The van der Waals surface area contributed by atoms with Gasteiger partial charge < -0.3 is 5.32 Å². The van der Waals surface area contributed by atoms with Crippen molar-refractivity contribution in [3.05, 3.63) is 65.2 Å². The Bertz CT molecular complexity index is 578. The third-order valence-corrected chi connectivity index (χ3v) is 4.24. The number of benzene rings is 2. The van der Waals surface area contributed by atoms with Gasteiger partial charge in [-0.25, -0.2) is 0 Å². The summed E-state index contributed by atoms with van der Waals surface area (Å²) in [5, 5.41) is 2.95. The second kappa shape index (κ2) is 7.15. The molecule has 0 aromatic heterocycles. The molecule has 3 heteroatoms. The summed E-state index contributed by atoms with van der Waals surface area (Å²) in [4.78, 5) is 13.0. The van der Waals surface area contributed by atoms with Crippen LogP contribution in [0.25, 0.3) is 0 Å². The molecule has 2 aromatic rings. The normalized spacial score (nSPS) is 10.3. The number of hydrogen-bond acceptors (Lipinski definition) is 2. The van der Waals surface area contributed by atoms with E-state index in [0.717, 1.165) is 10.5 Å². The average molecular weight is 285 g/mol. The van der Waals surface area contributed by atoms with Crippen LogP contribution in [0.15, 0.2) is 53.4 Å². The van der Waals surface area contributed by atoms with Gasteiger partial charge in [0.05, 0.1) is 5.75 Å². The van der Waals surface area contributed by atoms with E-state index < -0.39 is 0 Å². The molecule has 0 heterocycles. The van der Waals surface area contributed by atoms with E-state index in [0.29, 0.717) is 12.3 Å². The lowest BCUT2D eigenvalue weighted by atomic mass is 10.1. The maximum absolute atomic E-state index is 11.8. The second-order valence-corrected chi connectivity index (χ2v) is 5.83. The predicted molar refractivity (Wildman–Crippen MR) is 84.9 cm³/mol. The summed E-state index contributed by atoms with van der Waals surface area (Å²) < 4.78 is 0. The number of thioether (sulfide) groups is 1. The first kappa shape index (κ1) is 14.7. The lowest BCUT2D eigenvalue weighted by molar-refractivity contribution is -0.118. The highest BCUT2D eigenvalue weighted by atomic mass is 32.2. The van der Waals surface area contributed by atoms with Crippen molar-refractivity contribution in [2.75, 3.05) is 5.75 Å². The van der Waals surface area contributed by atoms with Gasteiger partial charge >= 0.3 is 0 Å². The van der Waals surface area contributed by atoms with Crippen LogP contribution in [0, 0.1) is 13.8 Å². The fourth-order valence-corrected chi connectivity index (χ4v) is 2.68. The maximum Gasteiger partial charge on any atom is 0.230 e. The van der Waals surface area contributed by atoms with Crippen LogP contribution in [0.3, 0.4) is 0 Å². The minimum Gasteiger partial charge on any atom is -0.351 e. The topological polar surface area (TPSA) is 29.1 Å². The van der Waals surface area contributed by atoms with Gasteiger partial charge in [-0.3, -0.25) is 4.79 Å². The number of nitrogens with one attached hydrogen (secondary N) is 1. The predicted octanol–water partition coefficient (Wildman–Crippen LogP) is 3.71. The van der Waals surface area contributed by atoms with Gasteiger partial charge in [-0.2, -0.15) is 0 Å². The summed E-state index contributed by atoms with van der Waals surface area (Å²) in [6, 6.07) is 16.3. The standard InChI is InChI=1S/C17H19NOS/c1-13-7-9-15(10-8-13)11-18-17(19)12-20-16-6-4-3-5-14(16)2/h3-10H,11-12H2,1-2H3,(H,18,19). The van der Waals surface area contributed by atoms with E-state index in [4.69, 9.17) is 0 Å². The summed E-state index contributed by atoms with van der Waals surface area (Å²) in [7, 11) is 0. The zero-order chi connectivity index (χ0) is 14.4. The van der Waals surface area contributed by atoms with Crippen LogP contribution in [0.5, 0.6) is 0 Å². The van der Waals surface area contributed by atoms with Crippen molar-refractivity contribution < 1.29 is 4.79 Å². The summed E-state index contributed by atoms with van der Waals surface area (Å²) >= 11 is 1.58. The molecule has 2 aromatic carbocycles. The molecule has 0 aliphatic carbocycles. The van der Waals surface area contributed by atoms with Crippen LogP contribution in [0.1, 0.15) is 16.7 Å². The highest BCUT2D eigenvalue weighted by Gasteiger charge is 2.04. The molecule has 0 spiro atoms. The third kappa shape index (κ3) is 4.42. The molecule has 0 bridgehead atoms. The number of carbonyl (C=O) groups is 1. The summed E-state index contributed by atoms with van der Waals surface area (Å²) in [6.45, 7) is 4.71. The van der Waals surface area contributed by atoms with Crippen molar-refractivity contribution in [3.8, 4) is 0 Å². The number of hydrogen-bond donors (Lipinski definition) is 1. The van der Waals surface area contributed by atoms with Gasteiger partial charge in [-0.05, 0) is 31.0 Å². The Morgan fingerprint density at radius 1 is 1.05 bits per heavy atom. The van der Waals surface area contributed by atoms with Crippen LogP contribution in [0.4, 0.5) is 0 Å². The van der Waals surface area contributed by atoms with Crippen LogP contribution in [0.2, 0.25) is 0 Å². The third-order valence-electron chi connectivity index (χ3n) is 3.06. The molecule has 20 heavy (non-hydrogen) atoms. The average Bonchev–Trinajstić information content (AvgIpc) is 2.46. The van der Waals surface area contributed by atoms with Gasteiger partial charge in [0.1, 0.15) is 0 Å². The molecule has 0 radical (unpaired) electrons. The molecular formula is C17H19NOS. The molecule has 0 saturated heterocycles. The first-order valence-corrected chi connectivity index (χ1v) is 7.64. The van der Waals surface area contributed by atoms with Crippen LogP contribution in [-0.4, -0.2) is 11.7 Å². The van der Waals surface area contributed by atoms with Crippen LogP contribution >= 0.6 is 11.8 Å². The highest BCUT2D eigenvalue weighted by Crippen LogP contribution is 2.21. The van der Waals surface area contributed by atoms with Gasteiger partial charge in [0.15, 0.2) is 0 Å². The smallest absolute Gasteiger partial charge is 0.230 e. The Kier molecular flexibility index (Phi) is 5.24. The SMILES string of the molecule is Cc1ccc(CNC(=O)CSc2ccccc2C)cc1. The minimum absolute atomic E-state index is 0.0684. The maximum atomic E-state index is 11.8. The van der Waals surface area contributed by atoms with Gasteiger partial charge in [-0.1, -0.05) is 48.0 Å². The van der Waals surface area contributed by atoms with Crippen LogP contribution < -0.4 is 5.32 Å². The Morgan fingerprint density at radius 3 is 2.45 bits per heavy atom. The second-order valence-electron chi connectivity index (χ2n) is 4.82. The number of rotatable bonds is 5. The lowest BCUT2D eigenvalue weighted by Gasteiger charge is -2.07. The number of amides is 1. The lowest BCUT2D eigenvalue weighted by Crippen LogP contribution is -2.24. The molecule has 2 nitrogen and oxygen atoms in total. The van der Waals surface area contributed by atoms with E-state index in [9.17, 15) is 4.79 Å². The fourth-order valence-electron chi connectivity index (χ4n) is 1.82. The first-order valence-electron chi connectivity index (χ1n) is 6.66. The minimum atomic E-state index is 0.0684. The van der Waals surface area contributed by atoms with E-state index in [-0.39, 0.29) is 5.91 Å². The van der Waals surface area contributed by atoms with Gasteiger partial charge in [0.25, 0.3) is 0 Å². The fraction of sp³-hybridized carbons (Fsp3) is 0.235. The van der Waals surface area contributed by atoms with Gasteiger partial charge in [0.2, 0.25) is 5.91 Å². The molecule has 0 aliphatic rings. The Balaban J connectivity index is 1.78. The summed E-state index contributed by atoms with van der Waals surface area (Å²) in [5.41, 5.74) is 3.57. The molecule has 0 aliphatic heterocycles. The van der Waals surface area contributed by atoms with Crippen molar-refractivity contribution in [1.82, 2.24) is 5.32 Å². The zero-order valence-electron chi connectivity index (χ0n) is 11.8. The van der Waals surface area contributed by atoms with E-state index >= 15 is 0 Å². The van der Waals surface area contributed by atoms with Gasteiger partial charge in [0, 0.05) is 11.4 Å². The number of aryl methyl sites for hydroxylation is 2. The molecular weight excluding hydrogens is 266 g/mol.